The number of aryl methyl sites for hydroxylation is 2. The van der Waals surface area contributed by atoms with Gasteiger partial charge < -0.3 is 19.8 Å². The van der Waals surface area contributed by atoms with Crippen molar-refractivity contribution < 1.29 is 4.79 Å². The molecule has 1 fully saturated rings. The van der Waals surface area contributed by atoms with Gasteiger partial charge in [0.05, 0.1) is 0 Å². The van der Waals surface area contributed by atoms with E-state index >= 15 is 0 Å². The number of pyridine rings is 1. The number of imidazole rings is 1. The molecule has 7 nitrogen and oxygen atoms in total. The van der Waals surface area contributed by atoms with Gasteiger partial charge in [0.25, 0.3) is 11.5 Å². The number of hydrogen-bond donors (Lipinski definition) is 2. The lowest BCUT2D eigenvalue weighted by Gasteiger charge is -2.10. The van der Waals surface area contributed by atoms with Gasteiger partial charge in [0, 0.05) is 43.7 Å². The first-order chi connectivity index (χ1) is 14.5. The van der Waals surface area contributed by atoms with Crippen LogP contribution in [-0.2, 0) is 13.6 Å². The highest BCUT2D eigenvalue weighted by Crippen LogP contribution is 2.21. The van der Waals surface area contributed by atoms with Gasteiger partial charge in [-0.2, -0.15) is 0 Å². The van der Waals surface area contributed by atoms with Crippen LogP contribution in [0.5, 0.6) is 0 Å². The van der Waals surface area contributed by atoms with Crippen LogP contribution in [0.4, 0.5) is 0 Å². The molecule has 2 aromatic heterocycles. The monoisotopic (exact) mass is 405 g/mol. The first kappa shape index (κ1) is 20.1. The Morgan fingerprint density at radius 3 is 2.77 bits per heavy atom. The molecule has 1 aliphatic rings. The van der Waals surface area contributed by atoms with Crippen molar-refractivity contribution in [3.63, 3.8) is 0 Å². The Kier molecular flexibility index (Phi) is 5.81. The highest BCUT2D eigenvalue weighted by molar-refractivity contribution is 5.92. The summed E-state index contributed by atoms with van der Waals surface area (Å²) in [5.41, 5.74) is 2.91. The topological polar surface area (TPSA) is 81.0 Å². The fourth-order valence-corrected chi connectivity index (χ4v) is 3.87. The Bertz CT molecular complexity index is 1070. The van der Waals surface area contributed by atoms with E-state index in [1.165, 1.54) is 0 Å². The summed E-state index contributed by atoms with van der Waals surface area (Å²) in [4.78, 5) is 29.5. The van der Waals surface area contributed by atoms with Crippen molar-refractivity contribution in [2.45, 2.75) is 19.9 Å². The van der Waals surface area contributed by atoms with Gasteiger partial charge in [0.1, 0.15) is 11.5 Å². The van der Waals surface area contributed by atoms with Crippen LogP contribution in [0, 0.1) is 12.8 Å². The Balaban J connectivity index is 1.66. The molecule has 1 unspecified atom stereocenters. The van der Waals surface area contributed by atoms with E-state index in [4.69, 9.17) is 0 Å². The lowest BCUT2D eigenvalue weighted by Crippen LogP contribution is -2.30. The van der Waals surface area contributed by atoms with Crippen LogP contribution >= 0.6 is 0 Å². The smallest absolute Gasteiger partial charge is 0.271 e. The molecule has 30 heavy (non-hydrogen) atoms. The van der Waals surface area contributed by atoms with Crippen molar-refractivity contribution in [3.05, 3.63) is 76.0 Å². The van der Waals surface area contributed by atoms with Gasteiger partial charge in [-0.25, -0.2) is 4.98 Å². The molecule has 4 rings (SSSR count). The zero-order valence-corrected chi connectivity index (χ0v) is 17.4. The average Bonchev–Trinajstić information content (AvgIpc) is 3.41. The molecule has 7 heteroatoms. The third-order valence-electron chi connectivity index (χ3n) is 5.54. The number of rotatable bonds is 6. The fraction of sp³-hybridized carbons (Fsp3) is 0.348. The molecule has 3 aromatic rings. The minimum Gasteiger partial charge on any atom is -0.350 e. The summed E-state index contributed by atoms with van der Waals surface area (Å²) in [5.74, 6) is 0.966. The van der Waals surface area contributed by atoms with Crippen LogP contribution in [0.1, 0.15) is 28.0 Å². The summed E-state index contributed by atoms with van der Waals surface area (Å²) in [6.07, 6.45) is 4.64. The van der Waals surface area contributed by atoms with E-state index in [1.807, 2.05) is 41.0 Å². The summed E-state index contributed by atoms with van der Waals surface area (Å²) >= 11 is 0. The van der Waals surface area contributed by atoms with Crippen LogP contribution < -0.4 is 16.2 Å². The Labute approximate surface area is 175 Å². The number of carbonyl (C=O) groups is 1. The summed E-state index contributed by atoms with van der Waals surface area (Å²) in [5, 5.41) is 6.33. The molecule has 0 aliphatic carbocycles. The van der Waals surface area contributed by atoms with Crippen LogP contribution in [-0.4, -0.2) is 39.7 Å². The molecule has 0 saturated carbocycles. The Morgan fingerprint density at radius 2 is 2.07 bits per heavy atom. The van der Waals surface area contributed by atoms with Gasteiger partial charge in [-0.15, -0.1) is 0 Å². The number of amides is 1. The predicted molar refractivity (Wildman–Crippen MR) is 116 cm³/mol. The largest absolute Gasteiger partial charge is 0.350 e. The summed E-state index contributed by atoms with van der Waals surface area (Å²) in [6, 6.07) is 11.9. The first-order valence-electron chi connectivity index (χ1n) is 10.3. The van der Waals surface area contributed by atoms with Gasteiger partial charge in [-0.05, 0) is 44.0 Å². The quantitative estimate of drug-likeness (QED) is 0.657. The normalized spacial score (nSPS) is 16.0. The van der Waals surface area contributed by atoms with Crippen LogP contribution in [0.15, 0.2) is 53.6 Å². The van der Waals surface area contributed by atoms with Crippen molar-refractivity contribution >= 4 is 5.91 Å². The third kappa shape index (κ3) is 4.36. The molecule has 3 heterocycles. The van der Waals surface area contributed by atoms with Crippen LogP contribution in [0.2, 0.25) is 0 Å². The molecule has 0 radical (unpaired) electrons. The number of aromatic nitrogens is 3. The number of carbonyl (C=O) groups excluding carboxylic acids is 1. The molecule has 1 amide bonds. The molecule has 0 spiro atoms. The summed E-state index contributed by atoms with van der Waals surface area (Å²) in [6.45, 7) is 4.96. The van der Waals surface area contributed by atoms with Crippen molar-refractivity contribution in [1.29, 1.82) is 0 Å². The second-order valence-corrected chi connectivity index (χ2v) is 7.96. The van der Waals surface area contributed by atoms with Crippen molar-refractivity contribution in [2.24, 2.45) is 13.0 Å². The molecular weight excluding hydrogens is 378 g/mol. The number of nitrogens with one attached hydrogen (secondary N) is 2. The van der Waals surface area contributed by atoms with E-state index in [0.717, 1.165) is 30.6 Å². The molecule has 1 aliphatic heterocycles. The van der Waals surface area contributed by atoms with Crippen molar-refractivity contribution in [2.75, 3.05) is 19.6 Å². The van der Waals surface area contributed by atoms with Gasteiger partial charge in [0.2, 0.25) is 0 Å². The maximum Gasteiger partial charge on any atom is 0.271 e. The molecule has 1 aromatic carbocycles. The molecule has 2 N–H and O–H groups in total. The molecular formula is C23H27N5O2. The first-order valence-corrected chi connectivity index (χ1v) is 10.3. The Hall–Kier alpha value is -3.19. The van der Waals surface area contributed by atoms with E-state index in [-0.39, 0.29) is 11.5 Å². The van der Waals surface area contributed by atoms with E-state index < -0.39 is 0 Å². The summed E-state index contributed by atoms with van der Waals surface area (Å²) in [7, 11) is 1.73. The maximum absolute atomic E-state index is 12.8. The molecule has 0 bridgehead atoms. The second kappa shape index (κ2) is 8.67. The van der Waals surface area contributed by atoms with E-state index in [1.54, 1.807) is 30.9 Å². The fourth-order valence-electron chi connectivity index (χ4n) is 3.87. The van der Waals surface area contributed by atoms with Gasteiger partial charge in [0.15, 0.2) is 0 Å². The number of benzene rings is 1. The number of hydrogen-bond acceptors (Lipinski definition) is 4. The average molecular weight is 406 g/mol. The minimum absolute atomic E-state index is 0.0388. The highest BCUT2D eigenvalue weighted by Gasteiger charge is 2.19. The third-order valence-corrected chi connectivity index (χ3v) is 5.54. The molecule has 1 atom stereocenters. The van der Waals surface area contributed by atoms with E-state index in [9.17, 15) is 9.59 Å². The van der Waals surface area contributed by atoms with E-state index in [2.05, 4.69) is 15.6 Å². The lowest BCUT2D eigenvalue weighted by atomic mass is 10.1. The standard InChI is InChI=1S/C23H27N5O2/c1-16-10-19(14-27(2)23(16)30)21-26-20(22(29)25-12-18-8-9-24-11-18)15-28(21)13-17-6-4-3-5-7-17/h3-7,10,14-15,18,24H,8-9,11-13H2,1-2H3,(H,25,29). The van der Waals surface area contributed by atoms with Crippen molar-refractivity contribution in [3.8, 4) is 11.4 Å². The maximum atomic E-state index is 12.8. The van der Waals surface area contributed by atoms with Gasteiger partial charge in [-0.3, -0.25) is 9.59 Å². The SMILES string of the molecule is Cc1cc(-c2nc(C(=O)NCC3CCNC3)cn2Cc2ccccc2)cn(C)c1=O. The van der Waals surface area contributed by atoms with Crippen molar-refractivity contribution in [1.82, 2.24) is 24.8 Å². The zero-order valence-electron chi connectivity index (χ0n) is 17.4. The van der Waals surface area contributed by atoms with E-state index in [0.29, 0.717) is 36.1 Å². The molecule has 1 saturated heterocycles. The highest BCUT2D eigenvalue weighted by atomic mass is 16.2. The van der Waals surface area contributed by atoms with Gasteiger partial charge in [-0.1, -0.05) is 30.3 Å². The zero-order chi connectivity index (χ0) is 21.1. The minimum atomic E-state index is -0.170. The summed E-state index contributed by atoms with van der Waals surface area (Å²) < 4.78 is 3.53. The van der Waals surface area contributed by atoms with Crippen LogP contribution in [0.25, 0.3) is 11.4 Å². The van der Waals surface area contributed by atoms with Crippen LogP contribution in [0.3, 0.4) is 0 Å². The molecule has 156 valence electrons. The Morgan fingerprint density at radius 1 is 1.27 bits per heavy atom. The van der Waals surface area contributed by atoms with Gasteiger partial charge >= 0.3 is 0 Å². The second-order valence-electron chi connectivity index (χ2n) is 7.96. The lowest BCUT2D eigenvalue weighted by molar-refractivity contribution is 0.0943. The number of nitrogens with zero attached hydrogens (tertiary/aromatic N) is 3. The predicted octanol–water partition coefficient (Wildman–Crippen LogP) is 1.94.